The van der Waals surface area contributed by atoms with E-state index in [2.05, 4.69) is 11.9 Å². The van der Waals surface area contributed by atoms with Crippen LogP contribution in [-0.2, 0) is 4.79 Å². The van der Waals surface area contributed by atoms with Crippen molar-refractivity contribution < 1.29 is 15.0 Å². The molecule has 4 nitrogen and oxygen atoms in total. The number of carboxylic acids is 1. The van der Waals surface area contributed by atoms with Gasteiger partial charge in [-0.2, -0.15) is 0 Å². The van der Waals surface area contributed by atoms with Gasteiger partial charge >= 0.3 is 5.97 Å². The van der Waals surface area contributed by atoms with Gasteiger partial charge < -0.3 is 10.2 Å². The SMILES string of the molecule is C=C(C)C(=O)O.CCNC(C)O. The molecule has 0 aromatic rings. The first-order valence-electron chi connectivity index (χ1n) is 3.72. The highest BCUT2D eigenvalue weighted by Crippen LogP contribution is 1.81. The summed E-state index contributed by atoms with van der Waals surface area (Å²) in [5.41, 5.74) is 0.176. The molecule has 0 aliphatic rings. The second kappa shape index (κ2) is 8.23. The molecule has 3 N–H and O–H groups in total. The maximum Gasteiger partial charge on any atom is 0.330 e. The maximum absolute atomic E-state index is 9.60. The summed E-state index contributed by atoms with van der Waals surface area (Å²) in [6.07, 6.45) is -0.352. The van der Waals surface area contributed by atoms with Crippen molar-refractivity contribution in [1.82, 2.24) is 5.32 Å². The van der Waals surface area contributed by atoms with E-state index in [1.807, 2.05) is 6.92 Å². The first-order valence-corrected chi connectivity index (χ1v) is 3.72. The molecule has 0 aliphatic heterocycles. The molecule has 1 atom stereocenters. The number of hydrogen-bond acceptors (Lipinski definition) is 3. The molecule has 0 amide bonds. The van der Waals surface area contributed by atoms with Crippen molar-refractivity contribution in [2.75, 3.05) is 6.54 Å². The third-order valence-corrected chi connectivity index (χ3v) is 0.865. The van der Waals surface area contributed by atoms with Gasteiger partial charge in [-0.1, -0.05) is 13.5 Å². The molecule has 0 heterocycles. The summed E-state index contributed by atoms with van der Waals surface area (Å²) in [6.45, 7) is 9.08. The monoisotopic (exact) mass is 175 g/mol. The van der Waals surface area contributed by atoms with E-state index >= 15 is 0 Å². The van der Waals surface area contributed by atoms with Gasteiger partial charge in [0, 0.05) is 5.57 Å². The van der Waals surface area contributed by atoms with Crippen LogP contribution < -0.4 is 5.32 Å². The molecule has 0 saturated carbocycles. The van der Waals surface area contributed by atoms with E-state index in [0.29, 0.717) is 0 Å². The van der Waals surface area contributed by atoms with Gasteiger partial charge in [-0.25, -0.2) is 4.79 Å². The molecule has 4 heteroatoms. The molecule has 0 rings (SSSR count). The van der Waals surface area contributed by atoms with E-state index in [1.54, 1.807) is 6.92 Å². The zero-order valence-electron chi connectivity index (χ0n) is 7.79. The van der Waals surface area contributed by atoms with Crippen LogP contribution in [-0.4, -0.2) is 29.0 Å². The molecular weight excluding hydrogens is 158 g/mol. The second-order valence-electron chi connectivity index (χ2n) is 2.32. The molecule has 0 fully saturated rings. The average molecular weight is 175 g/mol. The zero-order valence-corrected chi connectivity index (χ0v) is 7.79. The fourth-order valence-corrected chi connectivity index (χ4v) is 0.295. The lowest BCUT2D eigenvalue weighted by Gasteiger charge is -2.00. The van der Waals surface area contributed by atoms with E-state index in [1.165, 1.54) is 6.92 Å². The Balaban J connectivity index is 0. The third-order valence-electron chi connectivity index (χ3n) is 0.865. The highest BCUT2D eigenvalue weighted by molar-refractivity contribution is 5.84. The summed E-state index contributed by atoms with van der Waals surface area (Å²) in [4.78, 5) is 9.60. The molecule has 0 aliphatic carbocycles. The number of rotatable bonds is 3. The molecular formula is C8H17NO3. The molecule has 0 radical (unpaired) electrons. The molecule has 72 valence electrons. The lowest BCUT2D eigenvalue weighted by atomic mass is 10.4. The normalized spacial score (nSPS) is 11.0. The minimum Gasteiger partial charge on any atom is -0.478 e. The van der Waals surface area contributed by atoms with Crippen LogP contribution in [0.5, 0.6) is 0 Å². The van der Waals surface area contributed by atoms with Crippen molar-refractivity contribution in [3.05, 3.63) is 12.2 Å². The number of hydrogen-bond donors (Lipinski definition) is 3. The molecule has 0 saturated heterocycles. The first kappa shape index (κ1) is 13.7. The van der Waals surface area contributed by atoms with Crippen LogP contribution in [0.25, 0.3) is 0 Å². The van der Waals surface area contributed by atoms with Crippen molar-refractivity contribution >= 4 is 5.97 Å². The summed E-state index contributed by atoms with van der Waals surface area (Å²) in [5.74, 6) is -0.935. The summed E-state index contributed by atoms with van der Waals surface area (Å²) in [6, 6.07) is 0. The van der Waals surface area contributed by atoms with Gasteiger partial charge in [0.25, 0.3) is 0 Å². The third kappa shape index (κ3) is 16.1. The Bertz CT molecular complexity index is 131. The van der Waals surface area contributed by atoms with E-state index < -0.39 is 5.97 Å². The predicted molar refractivity (Wildman–Crippen MR) is 47.8 cm³/mol. The summed E-state index contributed by atoms with van der Waals surface area (Å²) >= 11 is 0. The van der Waals surface area contributed by atoms with Crippen LogP contribution in [0.3, 0.4) is 0 Å². The molecule has 0 aromatic heterocycles. The van der Waals surface area contributed by atoms with Crippen LogP contribution in [0.2, 0.25) is 0 Å². The van der Waals surface area contributed by atoms with Crippen LogP contribution in [0.4, 0.5) is 0 Å². The summed E-state index contributed by atoms with van der Waals surface area (Å²) < 4.78 is 0. The van der Waals surface area contributed by atoms with Crippen LogP contribution >= 0.6 is 0 Å². The van der Waals surface area contributed by atoms with Gasteiger partial charge in [-0.15, -0.1) is 0 Å². The molecule has 0 spiro atoms. The summed E-state index contributed by atoms with van der Waals surface area (Å²) in [7, 11) is 0. The Kier molecular flexibility index (Phi) is 9.40. The quantitative estimate of drug-likeness (QED) is 0.433. The second-order valence-corrected chi connectivity index (χ2v) is 2.32. The zero-order chi connectivity index (χ0) is 10.1. The van der Waals surface area contributed by atoms with Gasteiger partial charge in [0.2, 0.25) is 0 Å². The Morgan fingerprint density at radius 3 is 2.00 bits per heavy atom. The minimum atomic E-state index is -0.935. The van der Waals surface area contributed by atoms with Crippen molar-refractivity contribution in [2.45, 2.75) is 27.0 Å². The van der Waals surface area contributed by atoms with Gasteiger partial charge in [-0.05, 0) is 20.4 Å². The van der Waals surface area contributed by atoms with Crippen LogP contribution in [0.15, 0.2) is 12.2 Å². The first-order chi connectivity index (χ1) is 5.41. The highest BCUT2D eigenvalue weighted by Gasteiger charge is 1.90. The number of aliphatic hydroxyl groups excluding tert-OH is 1. The van der Waals surface area contributed by atoms with E-state index in [-0.39, 0.29) is 11.8 Å². The fraction of sp³-hybridized carbons (Fsp3) is 0.625. The van der Waals surface area contributed by atoms with E-state index in [0.717, 1.165) is 6.54 Å². The van der Waals surface area contributed by atoms with Gasteiger partial charge in [0.1, 0.15) is 6.23 Å². The number of carboxylic acid groups (broad SMARTS) is 1. The standard InChI is InChI=1S/C4H11NO.C4H6O2/c1-3-5-4(2)6;1-3(2)4(5)6/h4-6H,3H2,1-2H3;1H2,2H3,(H,5,6). The Labute approximate surface area is 72.9 Å². The van der Waals surface area contributed by atoms with Gasteiger partial charge in [0.15, 0.2) is 0 Å². The molecule has 12 heavy (non-hydrogen) atoms. The largest absolute Gasteiger partial charge is 0.478 e. The van der Waals surface area contributed by atoms with Crippen molar-refractivity contribution in [1.29, 1.82) is 0 Å². The van der Waals surface area contributed by atoms with Crippen LogP contribution in [0.1, 0.15) is 20.8 Å². The minimum absolute atomic E-state index is 0.176. The molecule has 0 bridgehead atoms. The van der Waals surface area contributed by atoms with Crippen LogP contribution in [0, 0.1) is 0 Å². The fourth-order valence-electron chi connectivity index (χ4n) is 0.295. The van der Waals surface area contributed by atoms with Gasteiger partial charge in [-0.3, -0.25) is 5.32 Å². The van der Waals surface area contributed by atoms with Gasteiger partial charge in [0.05, 0.1) is 0 Å². The smallest absolute Gasteiger partial charge is 0.330 e. The highest BCUT2D eigenvalue weighted by atomic mass is 16.4. The Morgan fingerprint density at radius 2 is 2.00 bits per heavy atom. The van der Waals surface area contributed by atoms with Crippen molar-refractivity contribution in [2.24, 2.45) is 0 Å². The maximum atomic E-state index is 9.60. The lowest BCUT2D eigenvalue weighted by Crippen LogP contribution is -2.24. The van der Waals surface area contributed by atoms with Crippen molar-refractivity contribution in [3.8, 4) is 0 Å². The molecule has 0 aromatic carbocycles. The number of nitrogens with one attached hydrogen (secondary N) is 1. The lowest BCUT2D eigenvalue weighted by molar-refractivity contribution is -0.132. The number of aliphatic carboxylic acids is 1. The number of carbonyl (C=O) groups is 1. The van der Waals surface area contributed by atoms with Crippen molar-refractivity contribution in [3.63, 3.8) is 0 Å². The summed E-state index contributed by atoms with van der Waals surface area (Å²) in [5, 5.41) is 19.1. The topological polar surface area (TPSA) is 69.6 Å². The number of aliphatic hydroxyl groups is 1. The predicted octanol–water partition coefficient (Wildman–Crippen LogP) is 0.581. The average Bonchev–Trinajstić information content (AvgIpc) is 1.87. The Hall–Kier alpha value is -0.870. The van der Waals surface area contributed by atoms with E-state index in [4.69, 9.17) is 10.2 Å². The van der Waals surface area contributed by atoms with E-state index in [9.17, 15) is 4.79 Å². The molecule has 1 unspecified atom stereocenters. The Morgan fingerprint density at radius 1 is 1.67 bits per heavy atom.